The second-order valence-electron chi connectivity index (χ2n) is 7.74. The van der Waals surface area contributed by atoms with Crippen molar-refractivity contribution in [2.45, 2.75) is 0 Å². The average Bonchev–Trinajstić information content (AvgIpc) is 3.34. The van der Waals surface area contributed by atoms with Crippen LogP contribution in [-0.4, -0.2) is 62.9 Å². The highest BCUT2D eigenvalue weighted by Crippen LogP contribution is 2.24. The second-order valence-corrected chi connectivity index (χ2v) is 7.74. The van der Waals surface area contributed by atoms with Gasteiger partial charge in [0, 0.05) is 55.2 Å². The second kappa shape index (κ2) is 8.16. The molecule has 0 aliphatic carbocycles. The third kappa shape index (κ3) is 4.10. The highest BCUT2D eigenvalue weighted by Gasteiger charge is 2.16. The van der Waals surface area contributed by atoms with Gasteiger partial charge in [0.1, 0.15) is 24.3 Å². The summed E-state index contributed by atoms with van der Waals surface area (Å²) in [4.78, 5) is 17.8. The van der Waals surface area contributed by atoms with Crippen molar-refractivity contribution in [3.63, 3.8) is 0 Å². The number of hydrogen-bond acceptors (Lipinski definition) is 7. The summed E-state index contributed by atoms with van der Waals surface area (Å²) in [5.74, 6) is 1.73. The molecule has 1 aliphatic rings. The number of likely N-dealkylation sites (N-methyl/N-ethyl adjacent to an activating group) is 1. The number of hydrogen-bond donors (Lipinski definition) is 1. The molecule has 4 aromatic rings. The van der Waals surface area contributed by atoms with E-state index < -0.39 is 0 Å². The predicted molar refractivity (Wildman–Crippen MR) is 123 cm³/mol. The van der Waals surface area contributed by atoms with Gasteiger partial charge in [-0.3, -0.25) is 0 Å². The summed E-state index contributed by atoms with van der Waals surface area (Å²) in [6.45, 7) is 8.28. The van der Waals surface area contributed by atoms with Gasteiger partial charge in [-0.25, -0.2) is 19.6 Å². The Bertz CT molecular complexity index is 1210. The fourth-order valence-corrected chi connectivity index (χ4v) is 3.72. The third-order valence-electron chi connectivity index (χ3n) is 5.59. The number of pyridine rings is 2. The molecule has 1 aliphatic heterocycles. The van der Waals surface area contributed by atoms with Gasteiger partial charge in [0.05, 0.1) is 5.69 Å². The Kier molecular flexibility index (Phi) is 5.05. The molecule has 0 atom stereocenters. The van der Waals surface area contributed by atoms with Crippen molar-refractivity contribution in [1.82, 2.24) is 29.6 Å². The van der Waals surface area contributed by atoms with Crippen molar-refractivity contribution in [2.75, 3.05) is 43.4 Å². The van der Waals surface area contributed by atoms with E-state index in [4.69, 9.17) is 0 Å². The van der Waals surface area contributed by atoms with Gasteiger partial charge in [0.25, 0.3) is 0 Å². The molecule has 1 fully saturated rings. The Balaban J connectivity index is 1.35. The number of nitrogens with zero attached hydrogens (tertiary/aromatic N) is 7. The number of aromatic nitrogens is 5. The Morgan fingerprint density at radius 3 is 2.68 bits per heavy atom. The monoisotopic (exact) mass is 412 g/mol. The van der Waals surface area contributed by atoms with Gasteiger partial charge in [-0.2, -0.15) is 5.10 Å². The van der Waals surface area contributed by atoms with Crippen LogP contribution >= 0.6 is 0 Å². The van der Waals surface area contributed by atoms with E-state index in [-0.39, 0.29) is 0 Å². The van der Waals surface area contributed by atoms with Crippen molar-refractivity contribution in [1.29, 1.82) is 0 Å². The van der Waals surface area contributed by atoms with Gasteiger partial charge in [-0.15, -0.1) is 0 Å². The lowest BCUT2D eigenvalue weighted by Crippen LogP contribution is -2.44. The first-order valence-electron chi connectivity index (χ1n) is 10.3. The Labute approximate surface area is 180 Å². The number of anilines is 2. The van der Waals surface area contributed by atoms with Crippen LogP contribution in [0.1, 0.15) is 5.56 Å². The van der Waals surface area contributed by atoms with Gasteiger partial charge in [0.2, 0.25) is 0 Å². The molecule has 5 rings (SSSR count). The number of nitrogens with one attached hydrogen (secondary N) is 1. The van der Waals surface area contributed by atoms with E-state index in [1.54, 1.807) is 11.0 Å². The molecule has 1 saturated heterocycles. The van der Waals surface area contributed by atoms with Gasteiger partial charge >= 0.3 is 0 Å². The van der Waals surface area contributed by atoms with Crippen LogP contribution in [0.4, 0.5) is 11.6 Å². The highest BCUT2D eigenvalue weighted by molar-refractivity contribution is 5.87. The quantitative estimate of drug-likeness (QED) is 0.540. The van der Waals surface area contributed by atoms with Gasteiger partial charge in [-0.05, 0) is 42.8 Å². The summed E-state index contributed by atoms with van der Waals surface area (Å²) in [7, 11) is 2.15. The van der Waals surface area contributed by atoms with Crippen molar-refractivity contribution in [2.24, 2.45) is 0 Å². The molecule has 1 aromatic carbocycles. The van der Waals surface area contributed by atoms with E-state index in [1.165, 1.54) is 6.33 Å². The molecule has 3 aromatic heterocycles. The maximum Gasteiger partial charge on any atom is 0.138 e. The molecule has 4 heterocycles. The molecule has 0 amide bonds. The lowest BCUT2D eigenvalue weighted by molar-refractivity contribution is 0.312. The molecule has 1 N–H and O–H groups in total. The minimum absolute atomic E-state index is 0.742. The van der Waals surface area contributed by atoms with Crippen LogP contribution in [0.3, 0.4) is 0 Å². The molecule has 156 valence electrons. The van der Waals surface area contributed by atoms with E-state index in [9.17, 15) is 0 Å². The smallest absolute Gasteiger partial charge is 0.138 e. The van der Waals surface area contributed by atoms with Gasteiger partial charge in [-0.1, -0.05) is 12.6 Å². The fourth-order valence-electron chi connectivity index (χ4n) is 3.72. The predicted octanol–water partition coefficient (Wildman–Crippen LogP) is 3.05. The molecule has 0 bridgehead atoms. The summed E-state index contributed by atoms with van der Waals surface area (Å²) >= 11 is 0. The maximum atomic E-state index is 4.56. The minimum Gasteiger partial charge on any atom is -0.354 e. The van der Waals surface area contributed by atoms with Crippen molar-refractivity contribution >= 4 is 28.1 Å². The van der Waals surface area contributed by atoms with Gasteiger partial charge < -0.3 is 15.1 Å². The maximum absolute atomic E-state index is 4.56. The van der Waals surface area contributed by atoms with Crippen LogP contribution in [0.5, 0.6) is 0 Å². The van der Waals surface area contributed by atoms with Crippen molar-refractivity contribution in [3.05, 3.63) is 73.6 Å². The summed E-state index contributed by atoms with van der Waals surface area (Å²) in [5, 5.41) is 9.67. The SMILES string of the molecule is C=C(Nc1cc2cc(-n3cncn3)ccc2cn1)c1ccnc(N2CCN(C)CC2)c1. The molecular weight excluding hydrogens is 388 g/mol. The Hall–Kier alpha value is -3.78. The van der Waals surface area contributed by atoms with Crippen molar-refractivity contribution in [3.8, 4) is 5.69 Å². The first-order chi connectivity index (χ1) is 15.2. The number of piperazine rings is 1. The molecule has 0 saturated carbocycles. The zero-order valence-corrected chi connectivity index (χ0v) is 17.4. The molecular formula is C23H24N8. The minimum atomic E-state index is 0.742. The van der Waals surface area contributed by atoms with Crippen LogP contribution in [-0.2, 0) is 0 Å². The topological polar surface area (TPSA) is 75.0 Å². The Morgan fingerprint density at radius 1 is 1.00 bits per heavy atom. The zero-order chi connectivity index (χ0) is 21.2. The molecule has 31 heavy (non-hydrogen) atoms. The summed E-state index contributed by atoms with van der Waals surface area (Å²) in [5.41, 5.74) is 2.74. The first kappa shape index (κ1) is 19.2. The molecule has 8 heteroatoms. The normalized spacial score (nSPS) is 14.7. The van der Waals surface area contributed by atoms with E-state index in [2.05, 4.69) is 60.9 Å². The molecule has 0 unspecified atom stereocenters. The summed E-state index contributed by atoms with van der Waals surface area (Å²) in [6.07, 6.45) is 6.91. The van der Waals surface area contributed by atoms with Crippen LogP contribution in [0, 0.1) is 0 Å². The van der Waals surface area contributed by atoms with E-state index in [1.807, 2.05) is 36.7 Å². The standard InChI is InChI=1S/C23H24N8/c1-17(18-5-6-25-23(13-18)30-9-7-29(2)8-10-30)28-22-12-20-11-21(31-16-24-15-27-31)4-3-19(20)14-26-22/h3-6,11-16H,1,7-10H2,2H3,(H,26,28). The molecule has 8 nitrogen and oxygen atoms in total. The van der Waals surface area contributed by atoms with Gasteiger partial charge in [0.15, 0.2) is 0 Å². The number of benzene rings is 1. The number of fused-ring (bicyclic) bond motifs is 1. The lowest BCUT2D eigenvalue weighted by atomic mass is 10.1. The fraction of sp³-hybridized carbons (Fsp3) is 0.217. The first-order valence-corrected chi connectivity index (χ1v) is 10.3. The van der Waals surface area contributed by atoms with E-state index >= 15 is 0 Å². The van der Waals surface area contributed by atoms with Crippen LogP contribution in [0.2, 0.25) is 0 Å². The average molecular weight is 413 g/mol. The zero-order valence-electron chi connectivity index (χ0n) is 17.4. The molecule has 0 radical (unpaired) electrons. The summed E-state index contributed by atoms with van der Waals surface area (Å²) < 4.78 is 1.74. The van der Waals surface area contributed by atoms with E-state index in [0.29, 0.717) is 0 Å². The van der Waals surface area contributed by atoms with Crippen LogP contribution in [0.25, 0.3) is 22.2 Å². The van der Waals surface area contributed by atoms with Crippen LogP contribution < -0.4 is 10.2 Å². The summed E-state index contributed by atoms with van der Waals surface area (Å²) in [6, 6.07) is 12.2. The Morgan fingerprint density at radius 2 is 1.87 bits per heavy atom. The largest absolute Gasteiger partial charge is 0.354 e. The lowest BCUT2D eigenvalue weighted by Gasteiger charge is -2.33. The third-order valence-corrected chi connectivity index (χ3v) is 5.59. The van der Waals surface area contributed by atoms with Crippen molar-refractivity contribution < 1.29 is 0 Å². The highest BCUT2D eigenvalue weighted by atomic mass is 15.3. The number of rotatable bonds is 5. The molecule has 0 spiro atoms. The van der Waals surface area contributed by atoms with Crippen LogP contribution in [0.15, 0.2) is 68.0 Å². The van der Waals surface area contributed by atoms with E-state index in [0.717, 1.165) is 65.5 Å².